The summed E-state index contributed by atoms with van der Waals surface area (Å²) in [5, 5.41) is 2.41. The Balaban J connectivity index is 2.25. The van der Waals surface area contributed by atoms with E-state index in [1.807, 2.05) is 0 Å². The third-order valence-corrected chi connectivity index (χ3v) is 4.40. The Labute approximate surface area is 156 Å². The Morgan fingerprint density at radius 1 is 1.31 bits per heavy atom. The number of hydrogen-bond donors (Lipinski definition) is 1. The van der Waals surface area contributed by atoms with E-state index in [-0.39, 0.29) is 18.3 Å². The molecule has 1 N–H and O–H groups in total. The van der Waals surface area contributed by atoms with E-state index in [1.54, 1.807) is 0 Å². The number of anilines is 1. The summed E-state index contributed by atoms with van der Waals surface area (Å²) in [4.78, 5) is 48.9. The number of nitrogens with one attached hydrogen (secondary N) is 1. The number of esters is 2. The lowest BCUT2D eigenvalue weighted by atomic mass is 10.2. The van der Waals surface area contributed by atoms with E-state index < -0.39 is 40.9 Å². The molecule has 1 aromatic rings. The van der Waals surface area contributed by atoms with Crippen molar-refractivity contribution in [2.45, 2.75) is 44.0 Å². The van der Waals surface area contributed by atoms with E-state index in [1.165, 1.54) is 37.6 Å². The van der Waals surface area contributed by atoms with Crippen molar-refractivity contribution in [1.82, 2.24) is 9.55 Å². The summed E-state index contributed by atoms with van der Waals surface area (Å²) in [6.45, 7) is 3.64. The molecule has 1 aromatic heterocycles. The SMILES string of the molecule is CC(=O)Nc1ccn(C2OC(COC(C)=O)C(OC(C)=O)C2Br)c(=O)n1. The average Bonchev–Trinajstić information content (AvgIpc) is 2.81. The molecule has 0 radical (unpaired) electrons. The van der Waals surface area contributed by atoms with Crippen LogP contribution < -0.4 is 11.0 Å². The van der Waals surface area contributed by atoms with E-state index in [0.717, 1.165) is 0 Å². The molecule has 1 amide bonds. The summed E-state index contributed by atoms with van der Waals surface area (Å²) < 4.78 is 17.1. The van der Waals surface area contributed by atoms with Crippen LogP contribution in [0, 0.1) is 0 Å². The van der Waals surface area contributed by atoms with Gasteiger partial charge in [0.25, 0.3) is 0 Å². The predicted molar refractivity (Wildman–Crippen MR) is 91.6 cm³/mol. The fourth-order valence-corrected chi connectivity index (χ4v) is 3.27. The average molecular weight is 432 g/mol. The first-order valence-corrected chi connectivity index (χ1v) is 8.57. The predicted octanol–water partition coefficient (Wildman–Crippen LogP) is 0.357. The zero-order valence-corrected chi connectivity index (χ0v) is 15.9. The third-order valence-electron chi connectivity index (χ3n) is 3.43. The molecular weight excluding hydrogens is 414 g/mol. The van der Waals surface area contributed by atoms with Crippen molar-refractivity contribution in [3.05, 3.63) is 22.7 Å². The molecule has 2 heterocycles. The lowest BCUT2D eigenvalue weighted by Gasteiger charge is -2.19. The Morgan fingerprint density at radius 2 is 2.00 bits per heavy atom. The van der Waals surface area contributed by atoms with Gasteiger partial charge in [0, 0.05) is 27.0 Å². The van der Waals surface area contributed by atoms with Gasteiger partial charge in [-0.2, -0.15) is 4.98 Å². The number of amides is 1. The van der Waals surface area contributed by atoms with E-state index in [2.05, 4.69) is 26.2 Å². The molecule has 1 aliphatic rings. The normalized spacial score (nSPS) is 24.8. The second-order valence-electron chi connectivity index (χ2n) is 5.57. The number of carbonyl (C=O) groups is 3. The van der Waals surface area contributed by atoms with Gasteiger partial charge in [0.1, 0.15) is 24.6 Å². The minimum atomic E-state index is -0.855. The number of aromatic nitrogens is 2. The second-order valence-corrected chi connectivity index (χ2v) is 6.63. The molecule has 1 fully saturated rings. The van der Waals surface area contributed by atoms with Crippen LogP contribution in [0.15, 0.2) is 17.1 Å². The number of rotatable bonds is 5. The van der Waals surface area contributed by atoms with Gasteiger partial charge in [-0.15, -0.1) is 0 Å². The highest BCUT2D eigenvalue weighted by molar-refractivity contribution is 9.09. The Hall–Kier alpha value is -2.27. The monoisotopic (exact) mass is 431 g/mol. The van der Waals surface area contributed by atoms with Crippen LogP contribution in [0.3, 0.4) is 0 Å². The molecule has 4 atom stereocenters. The van der Waals surface area contributed by atoms with Gasteiger partial charge in [0.05, 0.1) is 4.83 Å². The maximum absolute atomic E-state index is 12.3. The largest absolute Gasteiger partial charge is 0.463 e. The van der Waals surface area contributed by atoms with Crippen molar-refractivity contribution >= 4 is 39.6 Å². The van der Waals surface area contributed by atoms with Gasteiger partial charge < -0.3 is 19.5 Å². The van der Waals surface area contributed by atoms with Gasteiger partial charge in [0.2, 0.25) is 5.91 Å². The molecule has 2 rings (SSSR count). The third kappa shape index (κ3) is 4.88. The fraction of sp³-hybridized carbons (Fsp3) is 0.533. The first kappa shape index (κ1) is 20.0. The van der Waals surface area contributed by atoms with Gasteiger partial charge in [-0.3, -0.25) is 19.0 Å². The number of halogens is 1. The number of nitrogens with zero attached hydrogens (tertiary/aromatic N) is 2. The minimum Gasteiger partial charge on any atom is -0.463 e. The van der Waals surface area contributed by atoms with Crippen molar-refractivity contribution in [1.29, 1.82) is 0 Å². The molecule has 0 saturated carbocycles. The highest BCUT2D eigenvalue weighted by Gasteiger charge is 2.47. The Bertz CT molecular complexity index is 766. The number of hydrogen-bond acceptors (Lipinski definition) is 8. The summed E-state index contributed by atoms with van der Waals surface area (Å²) in [5.41, 5.74) is -0.666. The quantitative estimate of drug-likeness (QED) is 0.522. The van der Waals surface area contributed by atoms with Crippen LogP contribution in [0.25, 0.3) is 0 Å². The maximum Gasteiger partial charge on any atom is 0.351 e. The van der Waals surface area contributed by atoms with E-state index in [9.17, 15) is 19.2 Å². The molecule has 4 unspecified atom stereocenters. The summed E-state index contributed by atoms with van der Waals surface area (Å²) in [6.07, 6.45) is -0.998. The van der Waals surface area contributed by atoms with Crippen LogP contribution in [-0.2, 0) is 28.6 Å². The van der Waals surface area contributed by atoms with Crippen molar-refractivity contribution in [2.24, 2.45) is 0 Å². The van der Waals surface area contributed by atoms with Crippen LogP contribution in [-0.4, -0.2) is 51.0 Å². The van der Waals surface area contributed by atoms with Gasteiger partial charge >= 0.3 is 17.6 Å². The first-order valence-electron chi connectivity index (χ1n) is 7.66. The minimum absolute atomic E-state index is 0.107. The zero-order valence-electron chi connectivity index (χ0n) is 14.3. The first-order chi connectivity index (χ1) is 12.2. The van der Waals surface area contributed by atoms with E-state index >= 15 is 0 Å². The summed E-state index contributed by atoms with van der Waals surface area (Å²) in [7, 11) is 0. The molecule has 142 valence electrons. The molecule has 1 aliphatic heterocycles. The van der Waals surface area contributed by atoms with Crippen LogP contribution >= 0.6 is 15.9 Å². The highest BCUT2D eigenvalue weighted by atomic mass is 79.9. The molecule has 11 heteroatoms. The van der Waals surface area contributed by atoms with Crippen molar-refractivity contribution in [3.8, 4) is 0 Å². The Morgan fingerprint density at radius 3 is 2.54 bits per heavy atom. The number of carbonyl (C=O) groups excluding carboxylic acids is 3. The van der Waals surface area contributed by atoms with Crippen LogP contribution in [0.4, 0.5) is 5.82 Å². The van der Waals surface area contributed by atoms with Crippen molar-refractivity contribution < 1.29 is 28.6 Å². The Kier molecular flexibility index (Phi) is 6.48. The molecule has 26 heavy (non-hydrogen) atoms. The van der Waals surface area contributed by atoms with Crippen molar-refractivity contribution in [2.75, 3.05) is 11.9 Å². The summed E-state index contributed by atoms with van der Waals surface area (Å²) >= 11 is 3.38. The second kappa shape index (κ2) is 8.41. The molecular formula is C15H18BrN3O7. The van der Waals surface area contributed by atoms with Gasteiger partial charge in [0.15, 0.2) is 6.23 Å². The van der Waals surface area contributed by atoms with Crippen LogP contribution in [0.5, 0.6) is 0 Å². The lowest BCUT2D eigenvalue weighted by Crippen LogP contribution is -2.36. The van der Waals surface area contributed by atoms with Crippen molar-refractivity contribution in [3.63, 3.8) is 0 Å². The smallest absolute Gasteiger partial charge is 0.351 e. The number of alkyl halides is 1. The molecule has 10 nitrogen and oxygen atoms in total. The lowest BCUT2D eigenvalue weighted by molar-refractivity contribution is -0.155. The summed E-state index contributed by atoms with van der Waals surface area (Å²) in [6, 6.07) is 1.44. The molecule has 1 saturated heterocycles. The van der Waals surface area contributed by atoms with Gasteiger partial charge in [-0.1, -0.05) is 15.9 Å². The van der Waals surface area contributed by atoms with E-state index in [4.69, 9.17) is 14.2 Å². The summed E-state index contributed by atoms with van der Waals surface area (Å²) in [5.74, 6) is -1.30. The molecule has 0 spiro atoms. The van der Waals surface area contributed by atoms with Crippen LogP contribution in [0.2, 0.25) is 0 Å². The molecule has 0 bridgehead atoms. The number of ether oxygens (including phenoxy) is 3. The van der Waals surface area contributed by atoms with Crippen LogP contribution in [0.1, 0.15) is 27.0 Å². The standard InChI is InChI=1S/C15H18BrN3O7/c1-7(20)17-11-4-5-19(15(23)18-11)14-12(16)13(25-9(3)22)10(26-14)6-24-8(2)21/h4-5,10,12-14H,6H2,1-3H3,(H,17,18,20,23). The van der Waals surface area contributed by atoms with Gasteiger partial charge in [-0.25, -0.2) is 4.79 Å². The fourth-order valence-electron chi connectivity index (χ4n) is 2.44. The molecule has 0 aliphatic carbocycles. The topological polar surface area (TPSA) is 126 Å². The highest BCUT2D eigenvalue weighted by Crippen LogP contribution is 2.36. The van der Waals surface area contributed by atoms with Gasteiger partial charge in [-0.05, 0) is 6.07 Å². The maximum atomic E-state index is 12.3. The molecule has 0 aromatic carbocycles. The zero-order chi connectivity index (χ0) is 19.4. The van der Waals surface area contributed by atoms with E-state index in [0.29, 0.717) is 0 Å².